The Balaban J connectivity index is 0.00000161. The lowest BCUT2D eigenvalue weighted by Crippen LogP contribution is -2.24. The summed E-state index contributed by atoms with van der Waals surface area (Å²) in [6.07, 6.45) is 4.78. The summed E-state index contributed by atoms with van der Waals surface area (Å²) in [5.74, 6) is 0. The minimum atomic E-state index is 0. The number of halogens is 1. The van der Waals surface area contributed by atoms with E-state index >= 15 is 0 Å². The Morgan fingerprint density at radius 2 is 1.43 bits per heavy atom. The molecule has 21 heavy (non-hydrogen) atoms. The number of hydrogen-bond donors (Lipinski definition) is 1. The molecular weight excluding hydrogens is 278 g/mol. The fourth-order valence-electron chi connectivity index (χ4n) is 3.17. The number of unbranched alkanes of at least 4 members (excludes halogenated alkanes) is 1. The van der Waals surface area contributed by atoms with Gasteiger partial charge in [0, 0.05) is 0 Å². The van der Waals surface area contributed by atoms with Crippen molar-refractivity contribution < 1.29 is 0 Å². The van der Waals surface area contributed by atoms with E-state index in [1.807, 2.05) is 0 Å². The van der Waals surface area contributed by atoms with Crippen molar-refractivity contribution in [2.45, 2.75) is 38.6 Å². The van der Waals surface area contributed by atoms with Gasteiger partial charge in [-0.1, -0.05) is 61.9 Å². The van der Waals surface area contributed by atoms with Gasteiger partial charge < -0.3 is 5.32 Å². The molecule has 3 rings (SSSR count). The molecule has 2 aromatic carbocycles. The zero-order chi connectivity index (χ0) is 13.8. The summed E-state index contributed by atoms with van der Waals surface area (Å²) in [7, 11) is 0. The maximum Gasteiger partial charge on any atom is 0.0582 e. The molecule has 0 aliphatic heterocycles. The molecule has 2 heteroatoms. The van der Waals surface area contributed by atoms with Crippen molar-refractivity contribution in [3.8, 4) is 0 Å². The molecule has 1 aliphatic carbocycles. The molecule has 2 aromatic rings. The Hall–Kier alpha value is -1.31. The molecule has 1 N–H and O–H groups in total. The first kappa shape index (κ1) is 16.1. The Labute approximate surface area is 134 Å². The lowest BCUT2D eigenvalue weighted by Gasteiger charge is -2.22. The third kappa shape index (κ3) is 3.48. The second-order valence-corrected chi connectivity index (χ2v) is 5.64. The van der Waals surface area contributed by atoms with Crippen LogP contribution < -0.4 is 5.32 Å². The maximum atomic E-state index is 3.77. The van der Waals surface area contributed by atoms with E-state index in [1.54, 1.807) is 0 Å². The van der Waals surface area contributed by atoms with Gasteiger partial charge >= 0.3 is 0 Å². The van der Waals surface area contributed by atoms with Crippen LogP contribution in [0.25, 0.3) is 0 Å². The van der Waals surface area contributed by atoms with Gasteiger partial charge in [-0.3, -0.25) is 0 Å². The highest BCUT2D eigenvalue weighted by atomic mass is 35.5. The van der Waals surface area contributed by atoms with Crippen molar-refractivity contribution in [2.75, 3.05) is 6.54 Å². The molecule has 1 nitrogen and oxygen atoms in total. The molecule has 0 fully saturated rings. The van der Waals surface area contributed by atoms with Gasteiger partial charge in [0.1, 0.15) is 0 Å². The molecule has 0 saturated heterocycles. The summed E-state index contributed by atoms with van der Waals surface area (Å²) in [6, 6.07) is 18.2. The van der Waals surface area contributed by atoms with Crippen molar-refractivity contribution in [1.82, 2.24) is 5.32 Å². The van der Waals surface area contributed by atoms with Gasteiger partial charge in [0.15, 0.2) is 0 Å². The van der Waals surface area contributed by atoms with Gasteiger partial charge in [0.05, 0.1) is 6.04 Å². The molecule has 0 bridgehead atoms. The fraction of sp³-hybridized carbons (Fsp3) is 0.368. The van der Waals surface area contributed by atoms with E-state index < -0.39 is 0 Å². The van der Waals surface area contributed by atoms with Gasteiger partial charge in [0.2, 0.25) is 0 Å². The van der Waals surface area contributed by atoms with Crippen LogP contribution in [0.15, 0.2) is 48.5 Å². The van der Waals surface area contributed by atoms with Crippen molar-refractivity contribution in [2.24, 2.45) is 0 Å². The number of fused-ring (bicyclic) bond motifs is 2. The third-order valence-electron chi connectivity index (χ3n) is 4.27. The van der Waals surface area contributed by atoms with E-state index in [0.29, 0.717) is 6.04 Å². The second-order valence-electron chi connectivity index (χ2n) is 5.64. The molecule has 0 saturated carbocycles. The van der Waals surface area contributed by atoms with Gasteiger partial charge in [-0.25, -0.2) is 0 Å². The molecule has 1 aliphatic rings. The Morgan fingerprint density at radius 1 is 0.905 bits per heavy atom. The number of hydrogen-bond acceptors (Lipinski definition) is 1. The van der Waals surface area contributed by atoms with Crippen molar-refractivity contribution in [3.63, 3.8) is 0 Å². The van der Waals surface area contributed by atoms with Crippen molar-refractivity contribution in [1.29, 1.82) is 0 Å². The summed E-state index contributed by atoms with van der Waals surface area (Å²) in [4.78, 5) is 0. The van der Waals surface area contributed by atoms with Crippen LogP contribution in [0, 0.1) is 0 Å². The van der Waals surface area contributed by atoms with Crippen LogP contribution in [-0.4, -0.2) is 6.54 Å². The van der Waals surface area contributed by atoms with Gasteiger partial charge in [-0.15, -0.1) is 12.4 Å². The predicted molar refractivity (Wildman–Crippen MR) is 92.3 cm³/mol. The lowest BCUT2D eigenvalue weighted by molar-refractivity contribution is 0.577. The lowest BCUT2D eigenvalue weighted by atomic mass is 9.94. The van der Waals surface area contributed by atoms with Gasteiger partial charge in [-0.05, 0) is 48.1 Å². The molecule has 0 heterocycles. The topological polar surface area (TPSA) is 12.0 Å². The van der Waals surface area contributed by atoms with Crippen LogP contribution in [0.5, 0.6) is 0 Å². The molecule has 0 spiro atoms. The summed E-state index contributed by atoms with van der Waals surface area (Å²) in [6.45, 7) is 3.33. The molecule has 112 valence electrons. The smallest absolute Gasteiger partial charge is 0.0582 e. The van der Waals surface area contributed by atoms with Crippen LogP contribution in [0.3, 0.4) is 0 Å². The molecule has 0 aromatic heterocycles. The summed E-state index contributed by atoms with van der Waals surface area (Å²) < 4.78 is 0. The van der Waals surface area contributed by atoms with Crippen LogP contribution in [0.2, 0.25) is 0 Å². The zero-order valence-corrected chi connectivity index (χ0v) is 13.5. The first-order valence-electron chi connectivity index (χ1n) is 7.79. The number of rotatable bonds is 4. The molecule has 0 unspecified atom stereocenters. The highest BCUT2D eigenvalue weighted by molar-refractivity contribution is 5.85. The minimum Gasteiger partial charge on any atom is -0.306 e. The van der Waals surface area contributed by atoms with E-state index in [2.05, 4.69) is 60.8 Å². The normalized spacial score (nSPS) is 13.8. The van der Waals surface area contributed by atoms with E-state index in [-0.39, 0.29) is 12.4 Å². The maximum absolute atomic E-state index is 3.77. The van der Waals surface area contributed by atoms with Crippen LogP contribution in [-0.2, 0) is 12.8 Å². The Morgan fingerprint density at radius 3 is 1.95 bits per heavy atom. The van der Waals surface area contributed by atoms with Crippen LogP contribution in [0.4, 0.5) is 0 Å². The summed E-state index contributed by atoms with van der Waals surface area (Å²) in [5, 5.41) is 3.77. The number of nitrogens with one attached hydrogen (secondary N) is 1. The predicted octanol–water partition coefficient (Wildman–Crippen LogP) is 4.69. The molecule has 0 radical (unpaired) electrons. The van der Waals surface area contributed by atoms with Crippen LogP contribution >= 0.6 is 12.4 Å². The average Bonchev–Trinajstić information content (AvgIpc) is 2.66. The van der Waals surface area contributed by atoms with Crippen molar-refractivity contribution in [3.05, 3.63) is 70.8 Å². The monoisotopic (exact) mass is 301 g/mol. The van der Waals surface area contributed by atoms with E-state index in [4.69, 9.17) is 0 Å². The zero-order valence-electron chi connectivity index (χ0n) is 12.6. The highest BCUT2D eigenvalue weighted by Gasteiger charge is 2.22. The Kier molecular flexibility index (Phi) is 5.84. The first-order chi connectivity index (χ1) is 9.90. The Bertz CT molecular complexity index is 532. The minimum absolute atomic E-state index is 0. The number of benzene rings is 2. The summed E-state index contributed by atoms with van der Waals surface area (Å²) >= 11 is 0. The quantitative estimate of drug-likeness (QED) is 0.808. The summed E-state index contributed by atoms with van der Waals surface area (Å²) in [5.41, 5.74) is 5.93. The van der Waals surface area contributed by atoms with Crippen molar-refractivity contribution >= 4 is 12.4 Å². The second kappa shape index (κ2) is 7.63. The van der Waals surface area contributed by atoms with E-state index in [0.717, 1.165) is 19.4 Å². The van der Waals surface area contributed by atoms with E-state index in [9.17, 15) is 0 Å². The van der Waals surface area contributed by atoms with Crippen LogP contribution in [0.1, 0.15) is 48.1 Å². The largest absolute Gasteiger partial charge is 0.306 e. The van der Waals surface area contributed by atoms with Gasteiger partial charge in [0.25, 0.3) is 0 Å². The molecule has 0 atom stereocenters. The molecule has 0 amide bonds. The van der Waals surface area contributed by atoms with E-state index in [1.165, 1.54) is 35.1 Å². The third-order valence-corrected chi connectivity index (χ3v) is 4.27. The SMILES string of the molecule is CCCCNC1c2ccccc2CCc2ccccc21.Cl. The first-order valence-corrected chi connectivity index (χ1v) is 7.79. The standard InChI is InChI=1S/C19H23N.ClH/c1-2-3-14-20-19-17-10-6-4-8-15(17)12-13-16-9-5-7-11-18(16)19;/h4-11,19-20H,2-3,12-14H2,1H3;1H. The molecular formula is C19H24ClN. The highest BCUT2D eigenvalue weighted by Crippen LogP contribution is 2.32. The average molecular weight is 302 g/mol. The number of aryl methyl sites for hydroxylation is 2. The van der Waals surface area contributed by atoms with Gasteiger partial charge in [-0.2, -0.15) is 0 Å². The fourth-order valence-corrected chi connectivity index (χ4v) is 3.17.